The van der Waals surface area contributed by atoms with Crippen LogP contribution in [0.5, 0.6) is 0 Å². The number of rotatable bonds is 8. The van der Waals surface area contributed by atoms with Crippen molar-refractivity contribution in [2.45, 2.75) is 38.3 Å². The second-order valence-electron chi connectivity index (χ2n) is 5.87. The van der Waals surface area contributed by atoms with Crippen molar-refractivity contribution in [1.29, 1.82) is 0 Å². The molecule has 9 nitrogen and oxygen atoms in total. The molecule has 1 heterocycles. The first-order valence-corrected chi connectivity index (χ1v) is 9.61. The highest BCUT2D eigenvalue weighted by Gasteiger charge is 2.28. The molecule has 0 spiro atoms. The third-order valence-electron chi connectivity index (χ3n) is 3.60. The quantitative estimate of drug-likeness (QED) is 0.633. The molecular formula is C17H21N3O6S. The smallest absolute Gasteiger partial charge is 0.324 e. The summed E-state index contributed by atoms with van der Waals surface area (Å²) in [4.78, 5) is 23.6. The van der Waals surface area contributed by atoms with Gasteiger partial charge >= 0.3 is 5.97 Å². The molecule has 27 heavy (non-hydrogen) atoms. The van der Waals surface area contributed by atoms with E-state index in [9.17, 15) is 18.0 Å². The summed E-state index contributed by atoms with van der Waals surface area (Å²) in [5.74, 6) is -1.26. The maximum atomic E-state index is 12.3. The molecule has 2 rings (SSSR count). The Morgan fingerprint density at radius 3 is 2.48 bits per heavy atom. The van der Waals surface area contributed by atoms with E-state index in [4.69, 9.17) is 9.26 Å². The molecule has 0 radical (unpaired) electrons. The Morgan fingerprint density at radius 2 is 1.89 bits per heavy atom. The highest BCUT2D eigenvalue weighted by Crippen LogP contribution is 2.18. The topological polar surface area (TPSA) is 128 Å². The Bertz CT molecular complexity index is 889. The molecule has 0 aliphatic carbocycles. The van der Waals surface area contributed by atoms with Gasteiger partial charge in [0.25, 0.3) is 5.91 Å². The molecule has 0 aliphatic heterocycles. The molecule has 0 unspecified atom stereocenters. The largest absolute Gasteiger partial charge is 0.454 e. The van der Waals surface area contributed by atoms with Gasteiger partial charge in [-0.3, -0.25) is 9.59 Å². The summed E-state index contributed by atoms with van der Waals surface area (Å²) in [7, 11) is -4.01. The summed E-state index contributed by atoms with van der Waals surface area (Å²) in [6, 6.07) is 8.04. The highest BCUT2D eigenvalue weighted by atomic mass is 32.2. The Kier molecular flexibility index (Phi) is 6.70. The molecule has 0 aliphatic rings. The Hall–Kier alpha value is -2.72. The zero-order chi connectivity index (χ0) is 20.0. The molecule has 2 aromatic rings. The van der Waals surface area contributed by atoms with E-state index in [0.717, 1.165) is 5.56 Å². The normalized spacial score (nSPS) is 12.4. The van der Waals surface area contributed by atoms with Crippen molar-refractivity contribution in [2.24, 2.45) is 0 Å². The van der Waals surface area contributed by atoms with Gasteiger partial charge in [0.1, 0.15) is 16.6 Å². The zero-order valence-corrected chi connectivity index (χ0v) is 16.0. The number of amides is 1. The molecule has 0 fully saturated rings. The van der Waals surface area contributed by atoms with E-state index in [0.29, 0.717) is 6.54 Å². The van der Waals surface area contributed by atoms with Crippen LogP contribution in [0.15, 0.2) is 39.8 Å². The molecule has 1 atom stereocenters. The van der Waals surface area contributed by atoms with Crippen LogP contribution in [0.4, 0.5) is 0 Å². The summed E-state index contributed by atoms with van der Waals surface area (Å²) < 4.78 is 36.6. The number of carbonyl (C=O) groups is 2. The average molecular weight is 395 g/mol. The Balaban J connectivity index is 1.84. The van der Waals surface area contributed by atoms with E-state index < -0.39 is 34.5 Å². The maximum Gasteiger partial charge on any atom is 0.324 e. The molecule has 0 bridgehead atoms. The van der Waals surface area contributed by atoms with Crippen LogP contribution in [-0.2, 0) is 30.9 Å². The summed E-state index contributed by atoms with van der Waals surface area (Å²) in [5.41, 5.74) is 1.08. The van der Waals surface area contributed by atoms with Crippen molar-refractivity contribution in [3.05, 3.63) is 47.3 Å². The predicted octanol–water partition coefficient (Wildman–Crippen LogP) is 0.818. The molecule has 146 valence electrons. The minimum Gasteiger partial charge on any atom is -0.454 e. The van der Waals surface area contributed by atoms with Gasteiger partial charge < -0.3 is 14.6 Å². The number of nitrogens with zero attached hydrogens (tertiary/aromatic N) is 1. The van der Waals surface area contributed by atoms with E-state index in [1.54, 1.807) is 0 Å². The first kappa shape index (κ1) is 20.6. The third-order valence-corrected chi connectivity index (χ3v) is 5.38. The van der Waals surface area contributed by atoms with Gasteiger partial charge in [0.15, 0.2) is 12.4 Å². The Labute approximate surface area is 157 Å². The zero-order valence-electron chi connectivity index (χ0n) is 15.2. The maximum absolute atomic E-state index is 12.3. The molecule has 1 amide bonds. The lowest BCUT2D eigenvalue weighted by molar-refractivity contribution is -0.149. The van der Waals surface area contributed by atoms with E-state index in [1.165, 1.54) is 20.8 Å². The van der Waals surface area contributed by atoms with Gasteiger partial charge in [0.05, 0.1) is 0 Å². The first-order chi connectivity index (χ1) is 12.7. The van der Waals surface area contributed by atoms with Crippen LogP contribution in [0, 0.1) is 13.8 Å². The molecule has 0 saturated heterocycles. The third kappa shape index (κ3) is 5.63. The number of hydrogen-bond acceptors (Lipinski definition) is 7. The number of nitrogens with one attached hydrogen (secondary N) is 2. The standard InChI is InChI=1S/C17H21N3O6S/c1-11-16(13(3)26-19-11)27(23,24)20-12(2)17(22)25-10-15(21)18-9-14-7-5-4-6-8-14/h4-8,12,20H,9-10H2,1-3H3,(H,18,21)/t12-/m0/s1. The van der Waals surface area contributed by atoms with Crippen LogP contribution >= 0.6 is 0 Å². The second-order valence-corrected chi connectivity index (χ2v) is 7.52. The van der Waals surface area contributed by atoms with Crippen LogP contribution < -0.4 is 10.0 Å². The molecular weight excluding hydrogens is 374 g/mol. The monoisotopic (exact) mass is 395 g/mol. The number of aryl methyl sites for hydroxylation is 2. The molecule has 1 aromatic heterocycles. The number of hydrogen-bond donors (Lipinski definition) is 2. The lowest BCUT2D eigenvalue weighted by atomic mass is 10.2. The van der Waals surface area contributed by atoms with Gasteiger partial charge in [-0.1, -0.05) is 35.5 Å². The van der Waals surface area contributed by atoms with E-state index in [-0.39, 0.29) is 16.3 Å². The van der Waals surface area contributed by atoms with Gasteiger partial charge in [-0.15, -0.1) is 0 Å². The summed E-state index contributed by atoms with van der Waals surface area (Å²) in [5, 5.41) is 6.18. The van der Waals surface area contributed by atoms with Crippen molar-refractivity contribution in [3.63, 3.8) is 0 Å². The van der Waals surface area contributed by atoms with E-state index >= 15 is 0 Å². The average Bonchev–Trinajstić information content (AvgIpc) is 2.97. The SMILES string of the molecule is Cc1noc(C)c1S(=O)(=O)N[C@@H](C)C(=O)OCC(=O)NCc1ccccc1. The van der Waals surface area contributed by atoms with Gasteiger partial charge in [-0.05, 0) is 26.3 Å². The number of esters is 1. The van der Waals surface area contributed by atoms with Crippen LogP contribution in [-0.4, -0.2) is 38.1 Å². The second kappa shape index (κ2) is 8.78. The summed E-state index contributed by atoms with van der Waals surface area (Å²) in [6.07, 6.45) is 0. The number of aromatic nitrogens is 1. The van der Waals surface area contributed by atoms with Crippen LogP contribution in [0.2, 0.25) is 0 Å². The minimum absolute atomic E-state index is 0.112. The van der Waals surface area contributed by atoms with Crippen molar-refractivity contribution in [3.8, 4) is 0 Å². The minimum atomic E-state index is -4.01. The van der Waals surface area contributed by atoms with E-state index in [2.05, 4.69) is 15.2 Å². The first-order valence-electron chi connectivity index (χ1n) is 8.13. The fourth-order valence-corrected chi connectivity index (χ4v) is 3.83. The number of sulfonamides is 1. The van der Waals surface area contributed by atoms with Gasteiger partial charge in [-0.2, -0.15) is 4.72 Å². The van der Waals surface area contributed by atoms with Crippen LogP contribution in [0.3, 0.4) is 0 Å². The summed E-state index contributed by atoms with van der Waals surface area (Å²) >= 11 is 0. The predicted molar refractivity (Wildman–Crippen MR) is 95.0 cm³/mol. The Morgan fingerprint density at radius 1 is 1.22 bits per heavy atom. The lowest BCUT2D eigenvalue weighted by Gasteiger charge is -2.13. The van der Waals surface area contributed by atoms with Crippen LogP contribution in [0.1, 0.15) is 23.9 Å². The van der Waals surface area contributed by atoms with Gasteiger partial charge in [-0.25, -0.2) is 8.42 Å². The van der Waals surface area contributed by atoms with Gasteiger partial charge in [0.2, 0.25) is 10.0 Å². The molecule has 10 heteroatoms. The molecule has 0 saturated carbocycles. The molecule has 1 aromatic carbocycles. The van der Waals surface area contributed by atoms with E-state index in [1.807, 2.05) is 30.3 Å². The van der Waals surface area contributed by atoms with Crippen LogP contribution in [0.25, 0.3) is 0 Å². The fourth-order valence-electron chi connectivity index (χ4n) is 2.31. The number of ether oxygens (including phenoxy) is 1. The van der Waals surface area contributed by atoms with Crippen molar-refractivity contribution < 1.29 is 27.3 Å². The van der Waals surface area contributed by atoms with Gasteiger partial charge in [0, 0.05) is 6.54 Å². The lowest BCUT2D eigenvalue weighted by Crippen LogP contribution is -2.41. The highest BCUT2D eigenvalue weighted by molar-refractivity contribution is 7.89. The van der Waals surface area contributed by atoms with Crippen molar-refractivity contribution in [2.75, 3.05) is 6.61 Å². The fraction of sp³-hybridized carbons (Fsp3) is 0.353. The number of carbonyl (C=O) groups excluding carboxylic acids is 2. The number of benzene rings is 1. The van der Waals surface area contributed by atoms with Crippen molar-refractivity contribution in [1.82, 2.24) is 15.2 Å². The molecule has 2 N–H and O–H groups in total. The summed E-state index contributed by atoms with van der Waals surface area (Å²) in [6.45, 7) is 4.04. The van der Waals surface area contributed by atoms with Crippen molar-refractivity contribution >= 4 is 21.9 Å².